The normalized spacial score (nSPS) is 12.6. The smallest absolute Gasteiger partial charge is 0.262 e. The van der Waals surface area contributed by atoms with Gasteiger partial charge in [0.25, 0.3) is 17.4 Å². The molecule has 0 saturated carbocycles. The van der Waals surface area contributed by atoms with Gasteiger partial charge in [-0.15, -0.1) is 0 Å². The van der Waals surface area contributed by atoms with Gasteiger partial charge in [-0.3, -0.25) is 29.3 Å². The van der Waals surface area contributed by atoms with Gasteiger partial charge in [-0.2, -0.15) is 0 Å². The lowest BCUT2D eigenvalue weighted by Gasteiger charge is -2.15. The van der Waals surface area contributed by atoms with E-state index in [4.69, 9.17) is 10.5 Å². The van der Waals surface area contributed by atoms with Gasteiger partial charge >= 0.3 is 0 Å². The number of nitrogens with zero attached hydrogens (tertiary/aromatic N) is 2. The van der Waals surface area contributed by atoms with Crippen LogP contribution in [0.4, 0.5) is 5.82 Å². The number of ether oxygens (including phenoxy) is 1. The molecule has 2 amide bonds. The molecule has 3 heterocycles. The van der Waals surface area contributed by atoms with Gasteiger partial charge in [0.2, 0.25) is 0 Å². The largest absolute Gasteiger partial charge is 0.454 e. The summed E-state index contributed by atoms with van der Waals surface area (Å²) >= 11 is 0. The van der Waals surface area contributed by atoms with Crippen molar-refractivity contribution in [2.45, 2.75) is 0 Å². The van der Waals surface area contributed by atoms with E-state index in [1.807, 2.05) is 0 Å². The van der Waals surface area contributed by atoms with Crippen molar-refractivity contribution in [1.82, 2.24) is 14.9 Å². The summed E-state index contributed by atoms with van der Waals surface area (Å²) in [6, 6.07) is 11.2. The molecule has 0 unspecified atom stereocenters. The topological polar surface area (TPSA) is 116 Å². The first-order valence-electron chi connectivity index (χ1n) is 7.65. The standard InChI is InChI=1S/C18H12N4O4/c19-16-15-11(17(24)21-18(15)25)8-14(23)22(16)12-5-1-2-6-13(12)26-10-4-3-7-20-9-10/h1-9H,19H2,(H,21,24,25). The highest BCUT2D eigenvalue weighted by Crippen LogP contribution is 2.30. The van der Waals surface area contributed by atoms with Gasteiger partial charge in [-0.1, -0.05) is 12.1 Å². The molecule has 4 rings (SSSR count). The Bertz CT molecular complexity index is 1110. The Balaban J connectivity index is 1.90. The van der Waals surface area contributed by atoms with Crippen LogP contribution in [0.5, 0.6) is 11.5 Å². The molecular formula is C18H12N4O4. The fourth-order valence-electron chi connectivity index (χ4n) is 2.79. The van der Waals surface area contributed by atoms with E-state index in [-0.39, 0.29) is 16.9 Å². The number of carbonyl (C=O) groups excluding carboxylic acids is 2. The zero-order valence-electron chi connectivity index (χ0n) is 13.3. The second-order valence-electron chi connectivity index (χ2n) is 5.53. The van der Waals surface area contributed by atoms with Crippen molar-refractivity contribution in [3.8, 4) is 17.2 Å². The number of pyridine rings is 2. The van der Waals surface area contributed by atoms with Gasteiger partial charge < -0.3 is 10.5 Å². The first-order chi connectivity index (χ1) is 12.6. The second kappa shape index (κ2) is 5.85. The number of aromatic nitrogens is 2. The summed E-state index contributed by atoms with van der Waals surface area (Å²) in [5.41, 5.74) is 5.81. The van der Waals surface area contributed by atoms with Crippen molar-refractivity contribution >= 4 is 17.6 Å². The summed E-state index contributed by atoms with van der Waals surface area (Å²) in [5, 5.41) is 2.13. The molecule has 3 aromatic rings. The number of nitrogen functional groups attached to an aromatic ring is 1. The number of nitrogens with one attached hydrogen (secondary N) is 1. The monoisotopic (exact) mass is 348 g/mol. The molecule has 8 nitrogen and oxygen atoms in total. The van der Waals surface area contributed by atoms with Crippen LogP contribution in [0.25, 0.3) is 5.69 Å². The van der Waals surface area contributed by atoms with E-state index in [0.29, 0.717) is 17.2 Å². The Kier molecular flexibility index (Phi) is 3.51. The predicted molar refractivity (Wildman–Crippen MR) is 92.6 cm³/mol. The summed E-state index contributed by atoms with van der Waals surface area (Å²) in [7, 11) is 0. The van der Waals surface area contributed by atoms with Gasteiger partial charge in [0.05, 0.1) is 23.0 Å². The van der Waals surface area contributed by atoms with E-state index in [1.54, 1.807) is 42.6 Å². The van der Waals surface area contributed by atoms with Crippen LogP contribution in [-0.4, -0.2) is 21.4 Å². The van der Waals surface area contributed by atoms with E-state index < -0.39 is 17.4 Å². The molecule has 1 aliphatic heterocycles. The molecule has 0 atom stereocenters. The molecule has 128 valence electrons. The molecule has 8 heteroatoms. The van der Waals surface area contributed by atoms with Crippen LogP contribution < -0.4 is 21.3 Å². The quantitative estimate of drug-likeness (QED) is 0.693. The Morgan fingerprint density at radius 1 is 1.04 bits per heavy atom. The van der Waals surface area contributed by atoms with Crippen LogP contribution in [0.2, 0.25) is 0 Å². The third-order valence-corrected chi connectivity index (χ3v) is 3.92. The van der Waals surface area contributed by atoms with Crippen molar-refractivity contribution in [2.24, 2.45) is 0 Å². The number of imide groups is 1. The number of anilines is 1. The number of hydrogen-bond donors (Lipinski definition) is 2. The summed E-state index contributed by atoms with van der Waals surface area (Å²) in [4.78, 5) is 40.3. The number of para-hydroxylation sites is 2. The number of benzene rings is 1. The average molecular weight is 348 g/mol. The highest BCUT2D eigenvalue weighted by molar-refractivity contribution is 6.23. The lowest BCUT2D eigenvalue weighted by Crippen LogP contribution is -2.24. The molecule has 0 radical (unpaired) electrons. The number of rotatable bonds is 3. The van der Waals surface area contributed by atoms with Crippen LogP contribution in [0, 0.1) is 0 Å². The predicted octanol–water partition coefficient (Wildman–Crippen LogP) is 1.49. The third-order valence-electron chi connectivity index (χ3n) is 3.92. The lowest BCUT2D eigenvalue weighted by atomic mass is 10.1. The van der Waals surface area contributed by atoms with Gasteiger partial charge in [0.1, 0.15) is 11.6 Å². The van der Waals surface area contributed by atoms with Gasteiger partial charge in [0, 0.05) is 12.3 Å². The molecule has 1 aliphatic rings. The Morgan fingerprint density at radius 2 is 1.85 bits per heavy atom. The fraction of sp³-hybridized carbons (Fsp3) is 0. The van der Waals surface area contributed by atoms with E-state index >= 15 is 0 Å². The molecule has 2 aromatic heterocycles. The van der Waals surface area contributed by atoms with Crippen molar-refractivity contribution in [3.63, 3.8) is 0 Å². The van der Waals surface area contributed by atoms with Crippen LogP contribution >= 0.6 is 0 Å². The Morgan fingerprint density at radius 3 is 2.62 bits per heavy atom. The minimum atomic E-state index is -0.638. The van der Waals surface area contributed by atoms with E-state index in [1.165, 1.54) is 6.20 Å². The van der Waals surface area contributed by atoms with Crippen LogP contribution in [0.15, 0.2) is 59.7 Å². The van der Waals surface area contributed by atoms with Gasteiger partial charge in [0.15, 0.2) is 5.75 Å². The number of hydrogen-bond acceptors (Lipinski definition) is 6. The molecule has 0 bridgehead atoms. The summed E-state index contributed by atoms with van der Waals surface area (Å²) in [5.74, 6) is -0.583. The lowest BCUT2D eigenvalue weighted by molar-refractivity contribution is 0.0880. The molecule has 0 spiro atoms. The Hall–Kier alpha value is -3.94. The highest BCUT2D eigenvalue weighted by atomic mass is 16.5. The molecule has 0 aliphatic carbocycles. The molecule has 1 aromatic carbocycles. The first kappa shape index (κ1) is 15.6. The third kappa shape index (κ3) is 2.40. The molecule has 26 heavy (non-hydrogen) atoms. The average Bonchev–Trinajstić information content (AvgIpc) is 2.91. The van der Waals surface area contributed by atoms with Crippen LogP contribution in [0.3, 0.4) is 0 Å². The molecule has 0 fully saturated rings. The number of carbonyl (C=O) groups is 2. The molecule has 3 N–H and O–H groups in total. The summed E-state index contributed by atoms with van der Waals surface area (Å²) < 4.78 is 6.94. The number of amides is 2. The molecule has 0 saturated heterocycles. The Labute approximate surface area is 146 Å². The maximum atomic E-state index is 12.6. The maximum absolute atomic E-state index is 12.6. The summed E-state index contributed by atoms with van der Waals surface area (Å²) in [6.07, 6.45) is 3.13. The van der Waals surface area contributed by atoms with Crippen molar-refractivity contribution in [1.29, 1.82) is 0 Å². The fourth-order valence-corrected chi connectivity index (χ4v) is 2.79. The first-order valence-corrected chi connectivity index (χ1v) is 7.65. The van der Waals surface area contributed by atoms with Gasteiger partial charge in [-0.05, 0) is 24.3 Å². The minimum Gasteiger partial charge on any atom is -0.454 e. The summed E-state index contributed by atoms with van der Waals surface area (Å²) in [6.45, 7) is 0. The van der Waals surface area contributed by atoms with Crippen molar-refractivity contribution in [3.05, 3.63) is 76.3 Å². The second-order valence-corrected chi connectivity index (χ2v) is 5.53. The highest BCUT2D eigenvalue weighted by Gasteiger charge is 2.32. The SMILES string of the molecule is Nc1c2c(cc(=O)n1-c1ccccc1Oc1cccnc1)C(=O)NC2=O. The number of fused-ring (bicyclic) bond motifs is 1. The van der Waals surface area contributed by atoms with Gasteiger partial charge in [-0.25, -0.2) is 0 Å². The van der Waals surface area contributed by atoms with Crippen molar-refractivity contribution in [2.75, 3.05) is 5.73 Å². The van der Waals surface area contributed by atoms with Crippen LogP contribution in [-0.2, 0) is 0 Å². The van der Waals surface area contributed by atoms with E-state index in [0.717, 1.165) is 10.6 Å². The zero-order valence-corrected chi connectivity index (χ0v) is 13.3. The number of nitrogens with two attached hydrogens (primary N) is 1. The molecular weight excluding hydrogens is 336 g/mol. The zero-order chi connectivity index (χ0) is 18.3. The van der Waals surface area contributed by atoms with E-state index in [9.17, 15) is 14.4 Å². The van der Waals surface area contributed by atoms with Crippen LogP contribution in [0.1, 0.15) is 20.7 Å². The van der Waals surface area contributed by atoms with E-state index in [2.05, 4.69) is 10.3 Å². The van der Waals surface area contributed by atoms with Crippen molar-refractivity contribution < 1.29 is 14.3 Å². The minimum absolute atomic E-state index is 0.0224. The maximum Gasteiger partial charge on any atom is 0.262 e.